The van der Waals surface area contributed by atoms with Crippen LogP contribution in [-0.4, -0.2) is 4.57 Å². The fourth-order valence-corrected chi connectivity index (χ4v) is 7.70. The second-order valence-corrected chi connectivity index (χ2v) is 11.6. The quantitative estimate of drug-likeness (QED) is 0.198. The normalized spacial score (nSPS) is 12.0. The summed E-state index contributed by atoms with van der Waals surface area (Å²) in [5.74, 6) is 0. The van der Waals surface area contributed by atoms with Crippen molar-refractivity contribution in [3.8, 4) is 16.8 Å². The van der Waals surface area contributed by atoms with Gasteiger partial charge in [-0.15, -0.1) is 11.3 Å². The highest BCUT2D eigenvalue weighted by molar-refractivity contribution is 7.26. The van der Waals surface area contributed by atoms with E-state index in [1.807, 2.05) is 11.3 Å². The molecule has 0 saturated heterocycles. The monoisotopic (exact) mass is 525 g/mol. The van der Waals surface area contributed by atoms with E-state index in [1.165, 1.54) is 80.3 Å². The van der Waals surface area contributed by atoms with Crippen LogP contribution >= 0.6 is 11.3 Å². The molecule has 2 heteroatoms. The molecule has 0 unspecified atom stereocenters. The third-order valence-electron chi connectivity index (χ3n) is 8.33. The third kappa shape index (κ3) is 3.14. The van der Waals surface area contributed by atoms with Crippen molar-refractivity contribution in [2.24, 2.45) is 0 Å². The molecule has 186 valence electrons. The van der Waals surface area contributed by atoms with Gasteiger partial charge in [0.05, 0.1) is 11.0 Å². The van der Waals surface area contributed by atoms with E-state index in [0.29, 0.717) is 0 Å². The Hall–Kier alpha value is -4.92. The molecule has 9 aromatic rings. The number of hydrogen-bond donors (Lipinski definition) is 0. The van der Waals surface area contributed by atoms with Gasteiger partial charge < -0.3 is 4.57 Å². The number of fused-ring (bicyclic) bond motifs is 8. The molecular weight excluding hydrogens is 502 g/mol. The predicted molar refractivity (Wildman–Crippen MR) is 174 cm³/mol. The Kier molecular flexibility index (Phi) is 4.55. The molecule has 0 fully saturated rings. The van der Waals surface area contributed by atoms with E-state index < -0.39 is 0 Å². The summed E-state index contributed by atoms with van der Waals surface area (Å²) in [5.41, 5.74) is 6.21. The highest BCUT2D eigenvalue weighted by Gasteiger charge is 2.15. The van der Waals surface area contributed by atoms with Gasteiger partial charge in [-0.05, 0) is 81.2 Å². The highest BCUT2D eigenvalue weighted by Crippen LogP contribution is 2.42. The maximum atomic E-state index is 2.42. The summed E-state index contributed by atoms with van der Waals surface area (Å²) in [6, 6.07) is 51.3. The van der Waals surface area contributed by atoms with Crippen LogP contribution in [0.5, 0.6) is 0 Å². The average Bonchev–Trinajstić information content (AvgIpc) is 3.55. The molecule has 0 spiro atoms. The van der Waals surface area contributed by atoms with E-state index in [1.54, 1.807) is 0 Å². The Balaban J connectivity index is 1.28. The number of thiophene rings is 1. The number of hydrogen-bond acceptors (Lipinski definition) is 1. The molecule has 0 aliphatic heterocycles. The Morgan fingerprint density at radius 3 is 2.02 bits per heavy atom. The van der Waals surface area contributed by atoms with E-state index in [9.17, 15) is 0 Å². The minimum Gasteiger partial charge on any atom is -0.309 e. The molecule has 2 aromatic heterocycles. The zero-order chi connectivity index (χ0) is 26.2. The SMILES string of the molecule is c1ccc2cc3cc(-n4c5ccccc5c5cc(-c6cccc7c6sc6ccccc67)ccc54)ccc3cc2c1. The minimum absolute atomic E-state index is 1.19. The van der Waals surface area contributed by atoms with Gasteiger partial charge in [-0.1, -0.05) is 91.0 Å². The summed E-state index contributed by atoms with van der Waals surface area (Å²) in [5, 5.41) is 10.3. The lowest BCUT2D eigenvalue weighted by molar-refractivity contribution is 1.19. The second kappa shape index (κ2) is 8.29. The van der Waals surface area contributed by atoms with Gasteiger partial charge in [0.15, 0.2) is 0 Å². The molecule has 1 nitrogen and oxygen atoms in total. The van der Waals surface area contributed by atoms with Crippen molar-refractivity contribution in [3.63, 3.8) is 0 Å². The lowest BCUT2D eigenvalue weighted by Gasteiger charge is -2.11. The fourth-order valence-electron chi connectivity index (χ4n) is 6.46. The topological polar surface area (TPSA) is 4.93 Å². The van der Waals surface area contributed by atoms with Crippen LogP contribution in [0.2, 0.25) is 0 Å². The average molecular weight is 526 g/mol. The van der Waals surface area contributed by atoms with Gasteiger partial charge in [0.25, 0.3) is 0 Å². The molecule has 0 aliphatic carbocycles. The molecule has 0 N–H and O–H groups in total. The van der Waals surface area contributed by atoms with Crippen molar-refractivity contribution in [2.45, 2.75) is 0 Å². The first-order valence-corrected chi connectivity index (χ1v) is 14.5. The standard InChI is InChI=1S/C38H23NS/c1-2-9-25-21-28-22-29(18-16-26(28)20-24(25)8-1)39-35-14-5-3-10-31(35)34-23-27(17-19-36(34)39)30-12-7-13-33-32-11-4-6-15-37(32)40-38(30)33/h1-23H. The van der Waals surface area contributed by atoms with Crippen molar-refractivity contribution >= 4 is 74.9 Å². The number of nitrogens with zero attached hydrogens (tertiary/aromatic N) is 1. The summed E-state index contributed by atoms with van der Waals surface area (Å²) >= 11 is 1.89. The van der Waals surface area contributed by atoms with Crippen LogP contribution in [0.25, 0.3) is 80.3 Å². The Morgan fingerprint density at radius 1 is 0.425 bits per heavy atom. The molecule has 0 saturated carbocycles. The van der Waals surface area contributed by atoms with Crippen LogP contribution in [0.3, 0.4) is 0 Å². The molecule has 0 atom stereocenters. The summed E-state index contributed by atoms with van der Waals surface area (Å²) in [6.45, 7) is 0. The lowest BCUT2D eigenvalue weighted by atomic mass is 10.0. The van der Waals surface area contributed by atoms with Crippen molar-refractivity contribution in [1.29, 1.82) is 0 Å². The second-order valence-electron chi connectivity index (χ2n) is 10.6. The van der Waals surface area contributed by atoms with Gasteiger partial charge >= 0.3 is 0 Å². The zero-order valence-electron chi connectivity index (χ0n) is 21.6. The molecule has 0 amide bonds. The molecule has 0 bridgehead atoms. The van der Waals surface area contributed by atoms with Crippen LogP contribution in [-0.2, 0) is 0 Å². The zero-order valence-corrected chi connectivity index (χ0v) is 22.5. The molecule has 40 heavy (non-hydrogen) atoms. The first-order chi connectivity index (χ1) is 19.8. The van der Waals surface area contributed by atoms with Gasteiger partial charge in [-0.25, -0.2) is 0 Å². The summed E-state index contributed by atoms with van der Waals surface area (Å²) < 4.78 is 5.11. The first-order valence-electron chi connectivity index (χ1n) is 13.7. The molecular formula is C38H23NS. The Morgan fingerprint density at radius 2 is 1.12 bits per heavy atom. The molecule has 0 aliphatic rings. The summed E-state index contributed by atoms with van der Waals surface area (Å²) in [4.78, 5) is 0. The number of aromatic nitrogens is 1. The molecule has 2 heterocycles. The van der Waals surface area contributed by atoms with Crippen molar-refractivity contribution in [1.82, 2.24) is 4.57 Å². The van der Waals surface area contributed by atoms with Crippen molar-refractivity contribution in [3.05, 3.63) is 140 Å². The molecule has 9 rings (SSSR count). The van der Waals surface area contributed by atoms with Crippen LogP contribution in [0.4, 0.5) is 0 Å². The van der Waals surface area contributed by atoms with Gasteiger partial charge in [-0.2, -0.15) is 0 Å². The van der Waals surface area contributed by atoms with Crippen LogP contribution < -0.4 is 0 Å². The van der Waals surface area contributed by atoms with E-state index in [2.05, 4.69) is 144 Å². The number of rotatable bonds is 2. The van der Waals surface area contributed by atoms with Gasteiger partial charge in [-0.3, -0.25) is 0 Å². The highest BCUT2D eigenvalue weighted by atomic mass is 32.1. The van der Waals surface area contributed by atoms with Crippen molar-refractivity contribution in [2.75, 3.05) is 0 Å². The van der Waals surface area contributed by atoms with E-state index in [0.717, 1.165) is 0 Å². The largest absolute Gasteiger partial charge is 0.309 e. The minimum atomic E-state index is 1.19. The van der Waals surface area contributed by atoms with Crippen LogP contribution in [0.15, 0.2) is 140 Å². The summed E-state index contributed by atoms with van der Waals surface area (Å²) in [6.07, 6.45) is 0. The number of benzene rings is 7. The van der Waals surface area contributed by atoms with E-state index in [4.69, 9.17) is 0 Å². The maximum Gasteiger partial charge on any atom is 0.0541 e. The van der Waals surface area contributed by atoms with E-state index in [-0.39, 0.29) is 0 Å². The Bertz CT molecular complexity index is 2440. The number of para-hydroxylation sites is 1. The van der Waals surface area contributed by atoms with Crippen molar-refractivity contribution < 1.29 is 0 Å². The smallest absolute Gasteiger partial charge is 0.0541 e. The van der Waals surface area contributed by atoms with Crippen LogP contribution in [0.1, 0.15) is 0 Å². The Labute approximate surface area is 235 Å². The summed E-state index contributed by atoms with van der Waals surface area (Å²) in [7, 11) is 0. The fraction of sp³-hybridized carbons (Fsp3) is 0. The van der Waals surface area contributed by atoms with Crippen LogP contribution in [0, 0.1) is 0 Å². The van der Waals surface area contributed by atoms with Gasteiger partial charge in [0.2, 0.25) is 0 Å². The predicted octanol–water partition coefficient (Wildman–Crippen LogP) is 11.1. The lowest BCUT2D eigenvalue weighted by Crippen LogP contribution is -1.94. The maximum absolute atomic E-state index is 2.42. The third-order valence-corrected chi connectivity index (χ3v) is 9.55. The first kappa shape index (κ1) is 22.0. The molecule has 0 radical (unpaired) electrons. The van der Waals surface area contributed by atoms with E-state index >= 15 is 0 Å². The van der Waals surface area contributed by atoms with Gasteiger partial charge in [0.1, 0.15) is 0 Å². The van der Waals surface area contributed by atoms with Gasteiger partial charge in [0, 0.05) is 36.6 Å². The molecule has 7 aromatic carbocycles.